The lowest BCUT2D eigenvalue weighted by molar-refractivity contribution is 0.102. The van der Waals surface area contributed by atoms with Crippen LogP contribution in [-0.2, 0) is 13.1 Å². The Morgan fingerprint density at radius 1 is 1.04 bits per heavy atom. The monoisotopic (exact) mass is 367 g/mol. The molecule has 0 atom stereocenters. The number of nitrogens with one attached hydrogen (secondary N) is 1. The number of hydrogen-bond acceptors (Lipinski definition) is 3. The fourth-order valence-corrected chi connectivity index (χ4v) is 2.28. The van der Waals surface area contributed by atoms with Gasteiger partial charge in [-0.1, -0.05) is 0 Å². The second kappa shape index (κ2) is 6.98. The Morgan fingerprint density at radius 2 is 1.69 bits per heavy atom. The fourth-order valence-electron chi connectivity index (χ4n) is 2.28. The van der Waals surface area contributed by atoms with Crippen molar-refractivity contribution < 1.29 is 22.4 Å². The van der Waals surface area contributed by atoms with Crippen molar-refractivity contribution in [3.05, 3.63) is 65.1 Å². The lowest BCUT2D eigenvalue weighted by Gasteiger charge is -2.07. The molecule has 6 nitrogen and oxygen atoms in total. The first-order chi connectivity index (χ1) is 12.4. The molecule has 3 aromatic rings. The zero-order chi connectivity index (χ0) is 18.8. The molecule has 3 rings (SSSR count). The van der Waals surface area contributed by atoms with E-state index in [1.54, 1.807) is 10.9 Å². The average molecular weight is 367 g/mol. The highest BCUT2D eigenvalue weighted by atomic mass is 19.2. The second-order valence-electron chi connectivity index (χ2n) is 5.36. The van der Waals surface area contributed by atoms with Gasteiger partial charge in [-0.05, 0) is 13.0 Å². The lowest BCUT2D eigenvalue weighted by Crippen LogP contribution is -2.14. The van der Waals surface area contributed by atoms with Crippen LogP contribution in [0.3, 0.4) is 0 Å². The number of anilines is 1. The summed E-state index contributed by atoms with van der Waals surface area (Å²) in [6, 6.07) is 3.04. The standard InChI is InChI=1S/C16H13F4N5O/c1-2-24-5-3-12(22-24)16(26)21-13-4-6-25(23-13)8-9-14(19)10(17)7-11(18)15(9)20/h3-7H,2,8H2,1H3,(H,21,23,26). The molecule has 26 heavy (non-hydrogen) atoms. The zero-order valence-corrected chi connectivity index (χ0v) is 13.5. The van der Waals surface area contributed by atoms with Crippen molar-refractivity contribution in [2.75, 3.05) is 5.32 Å². The number of rotatable bonds is 5. The highest BCUT2D eigenvalue weighted by Crippen LogP contribution is 2.20. The Labute approximate surface area is 145 Å². The maximum Gasteiger partial charge on any atom is 0.277 e. The number of hydrogen-bond donors (Lipinski definition) is 1. The van der Waals surface area contributed by atoms with Crippen molar-refractivity contribution >= 4 is 11.7 Å². The first kappa shape index (κ1) is 17.6. The molecule has 136 valence electrons. The highest BCUT2D eigenvalue weighted by Gasteiger charge is 2.20. The Balaban J connectivity index is 1.76. The highest BCUT2D eigenvalue weighted by molar-refractivity contribution is 6.02. The molecule has 0 aliphatic rings. The first-order valence-electron chi connectivity index (χ1n) is 7.59. The summed E-state index contributed by atoms with van der Waals surface area (Å²) in [7, 11) is 0. The lowest BCUT2D eigenvalue weighted by atomic mass is 10.2. The molecule has 0 aliphatic carbocycles. The molecule has 1 aromatic carbocycles. The molecule has 0 saturated heterocycles. The normalized spacial score (nSPS) is 11.0. The summed E-state index contributed by atoms with van der Waals surface area (Å²) in [6.07, 6.45) is 2.94. The smallest absolute Gasteiger partial charge is 0.277 e. The van der Waals surface area contributed by atoms with Crippen LogP contribution in [0.4, 0.5) is 23.4 Å². The van der Waals surface area contributed by atoms with E-state index in [9.17, 15) is 22.4 Å². The number of nitrogens with zero attached hydrogens (tertiary/aromatic N) is 4. The predicted molar refractivity (Wildman–Crippen MR) is 83.5 cm³/mol. The molecule has 10 heteroatoms. The van der Waals surface area contributed by atoms with Crippen LogP contribution in [0.2, 0.25) is 0 Å². The van der Waals surface area contributed by atoms with Gasteiger partial charge in [0, 0.05) is 31.1 Å². The second-order valence-corrected chi connectivity index (χ2v) is 5.36. The largest absolute Gasteiger partial charge is 0.304 e. The summed E-state index contributed by atoms with van der Waals surface area (Å²) in [5.74, 6) is -6.39. The van der Waals surface area contributed by atoms with Gasteiger partial charge in [0.2, 0.25) is 0 Å². The molecule has 1 amide bonds. The number of carbonyl (C=O) groups is 1. The van der Waals surface area contributed by atoms with E-state index in [0.29, 0.717) is 6.54 Å². The molecule has 1 N–H and O–H groups in total. The minimum atomic E-state index is -1.49. The quantitative estimate of drug-likeness (QED) is 0.557. The summed E-state index contributed by atoms with van der Waals surface area (Å²) < 4.78 is 56.5. The van der Waals surface area contributed by atoms with Gasteiger partial charge in [-0.25, -0.2) is 17.6 Å². The van der Waals surface area contributed by atoms with Gasteiger partial charge < -0.3 is 5.32 Å². The van der Waals surface area contributed by atoms with Gasteiger partial charge in [0.25, 0.3) is 5.91 Å². The number of aryl methyl sites for hydroxylation is 1. The summed E-state index contributed by atoms with van der Waals surface area (Å²) in [5, 5.41) is 10.4. The third-order valence-electron chi connectivity index (χ3n) is 3.60. The van der Waals surface area contributed by atoms with Crippen LogP contribution >= 0.6 is 0 Å². The van der Waals surface area contributed by atoms with Crippen molar-refractivity contribution in [3.8, 4) is 0 Å². The molecular formula is C16H13F4N5O. The van der Waals surface area contributed by atoms with E-state index in [4.69, 9.17) is 0 Å². The van der Waals surface area contributed by atoms with Crippen LogP contribution in [0.15, 0.2) is 30.6 Å². The van der Waals surface area contributed by atoms with Gasteiger partial charge in [0.1, 0.15) is 0 Å². The number of benzene rings is 1. The van der Waals surface area contributed by atoms with Crippen molar-refractivity contribution in [1.29, 1.82) is 0 Å². The van der Waals surface area contributed by atoms with E-state index < -0.39 is 41.3 Å². The van der Waals surface area contributed by atoms with Gasteiger partial charge >= 0.3 is 0 Å². The predicted octanol–water partition coefficient (Wildman–Crippen LogP) is 2.96. The minimum absolute atomic E-state index is 0.0961. The fraction of sp³-hybridized carbons (Fsp3) is 0.188. The summed E-state index contributed by atoms with van der Waals surface area (Å²) in [5.41, 5.74) is -0.629. The molecule has 0 saturated carbocycles. The Morgan fingerprint density at radius 3 is 2.31 bits per heavy atom. The average Bonchev–Trinajstić information content (AvgIpc) is 3.26. The topological polar surface area (TPSA) is 64.7 Å². The van der Waals surface area contributed by atoms with E-state index in [1.807, 2.05) is 6.92 Å². The molecule has 0 aliphatic heterocycles. The van der Waals surface area contributed by atoms with E-state index in [-0.39, 0.29) is 17.6 Å². The van der Waals surface area contributed by atoms with E-state index in [2.05, 4.69) is 15.5 Å². The minimum Gasteiger partial charge on any atom is -0.304 e. The van der Waals surface area contributed by atoms with Crippen LogP contribution in [0.25, 0.3) is 0 Å². The maximum atomic E-state index is 13.7. The van der Waals surface area contributed by atoms with Crippen LogP contribution in [0.1, 0.15) is 23.0 Å². The van der Waals surface area contributed by atoms with Gasteiger partial charge in [0.15, 0.2) is 34.8 Å². The molecule has 2 heterocycles. The van der Waals surface area contributed by atoms with E-state index in [1.165, 1.54) is 18.3 Å². The van der Waals surface area contributed by atoms with E-state index >= 15 is 0 Å². The van der Waals surface area contributed by atoms with Crippen LogP contribution in [-0.4, -0.2) is 25.5 Å². The molecule has 2 aromatic heterocycles. The maximum absolute atomic E-state index is 13.7. The third-order valence-corrected chi connectivity index (χ3v) is 3.60. The van der Waals surface area contributed by atoms with Gasteiger partial charge in [-0.15, -0.1) is 0 Å². The molecular weight excluding hydrogens is 354 g/mol. The van der Waals surface area contributed by atoms with Crippen LogP contribution in [0, 0.1) is 23.3 Å². The molecule has 0 bridgehead atoms. The van der Waals surface area contributed by atoms with Crippen molar-refractivity contribution in [2.24, 2.45) is 0 Å². The first-order valence-corrected chi connectivity index (χ1v) is 7.59. The Kier molecular flexibility index (Phi) is 4.74. The molecule has 0 unspecified atom stereocenters. The summed E-state index contributed by atoms with van der Waals surface area (Å²) >= 11 is 0. The zero-order valence-electron chi connectivity index (χ0n) is 13.5. The molecule has 0 radical (unpaired) electrons. The molecule has 0 spiro atoms. The third kappa shape index (κ3) is 3.44. The van der Waals surface area contributed by atoms with Crippen LogP contribution in [0.5, 0.6) is 0 Å². The van der Waals surface area contributed by atoms with E-state index in [0.717, 1.165) is 4.68 Å². The van der Waals surface area contributed by atoms with Gasteiger partial charge in [-0.3, -0.25) is 14.2 Å². The van der Waals surface area contributed by atoms with Crippen molar-refractivity contribution in [3.63, 3.8) is 0 Å². The number of carbonyl (C=O) groups excluding carboxylic acids is 1. The van der Waals surface area contributed by atoms with Crippen LogP contribution < -0.4 is 5.32 Å². The van der Waals surface area contributed by atoms with Crippen molar-refractivity contribution in [1.82, 2.24) is 19.6 Å². The number of aromatic nitrogens is 4. The SMILES string of the molecule is CCn1ccc(C(=O)Nc2ccn(Cc3c(F)c(F)cc(F)c3F)n2)n1. The summed E-state index contributed by atoms with van der Waals surface area (Å²) in [6.45, 7) is 1.92. The van der Waals surface area contributed by atoms with Gasteiger partial charge in [-0.2, -0.15) is 10.2 Å². The van der Waals surface area contributed by atoms with Crippen molar-refractivity contribution in [2.45, 2.75) is 20.0 Å². The Bertz CT molecular complexity index is 939. The summed E-state index contributed by atoms with van der Waals surface area (Å²) in [4.78, 5) is 12.1. The van der Waals surface area contributed by atoms with Gasteiger partial charge in [0.05, 0.1) is 12.1 Å². The molecule has 0 fully saturated rings. The number of halogens is 4. The number of amides is 1. The Hall–Kier alpha value is -3.17.